The molecule has 0 saturated heterocycles. The molecule has 1 aromatic heterocycles. The Bertz CT molecular complexity index is 375. The van der Waals surface area contributed by atoms with Gasteiger partial charge >= 0.3 is 0 Å². The lowest BCUT2D eigenvalue weighted by Crippen LogP contribution is -2.32. The Morgan fingerprint density at radius 3 is 2.67 bits per heavy atom. The molecule has 1 saturated carbocycles. The molecule has 4 nitrogen and oxygen atoms in total. The Balaban J connectivity index is 0.00000144. The van der Waals surface area contributed by atoms with Crippen LogP contribution in [0.25, 0.3) is 0 Å². The average Bonchev–Trinajstić information content (AvgIpc) is 2.75. The van der Waals surface area contributed by atoms with Gasteiger partial charge in [0, 0.05) is 25.2 Å². The highest BCUT2D eigenvalue weighted by Gasteiger charge is 2.30. The summed E-state index contributed by atoms with van der Waals surface area (Å²) in [6.45, 7) is 0. The standard InChI is InChI=1S/C12H17N3O.2ClH/c1-15(11-3-2-6-14-8-11)12(16)9-4-5-10(13)7-9;;/h2-3,6,8-10H,4-5,7,13H2,1H3;2*1H. The first-order valence-corrected chi connectivity index (χ1v) is 5.61. The molecule has 6 heteroatoms. The molecule has 2 N–H and O–H groups in total. The van der Waals surface area contributed by atoms with E-state index in [9.17, 15) is 4.79 Å². The molecule has 0 spiro atoms. The Labute approximate surface area is 120 Å². The van der Waals surface area contributed by atoms with Gasteiger partial charge in [-0.1, -0.05) is 0 Å². The lowest BCUT2D eigenvalue weighted by molar-refractivity contribution is -0.121. The topological polar surface area (TPSA) is 59.2 Å². The number of nitrogens with two attached hydrogens (primary N) is 1. The average molecular weight is 292 g/mol. The zero-order valence-corrected chi connectivity index (χ0v) is 11.9. The van der Waals surface area contributed by atoms with Gasteiger partial charge in [-0.15, -0.1) is 24.8 Å². The van der Waals surface area contributed by atoms with E-state index in [-0.39, 0.29) is 42.7 Å². The predicted molar refractivity (Wildman–Crippen MR) is 77.5 cm³/mol. The number of halogens is 2. The Kier molecular flexibility index (Phi) is 7.21. The van der Waals surface area contributed by atoms with Gasteiger partial charge in [-0.3, -0.25) is 9.78 Å². The van der Waals surface area contributed by atoms with Crippen LogP contribution in [0.4, 0.5) is 5.69 Å². The van der Waals surface area contributed by atoms with Crippen LogP contribution in [0.5, 0.6) is 0 Å². The molecule has 2 atom stereocenters. The van der Waals surface area contributed by atoms with Crippen molar-refractivity contribution >= 4 is 36.4 Å². The normalized spacial score (nSPS) is 21.7. The molecule has 102 valence electrons. The molecule has 0 bridgehead atoms. The van der Waals surface area contributed by atoms with Gasteiger partial charge in [0.25, 0.3) is 0 Å². The van der Waals surface area contributed by atoms with E-state index < -0.39 is 0 Å². The Hall–Kier alpha value is -0.840. The highest BCUT2D eigenvalue weighted by molar-refractivity contribution is 5.94. The number of hydrogen-bond acceptors (Lipinski definition) is 3. The van der Waals surface area contributed by atoms with Gasteiger partial charge in [0.15, 0.2) is 0 Å². The van der Waals surface area contributed by atoms with Crippen LogP contribution in [0.2, 0.25) is 0 Å². The van der Waals surface area contributed by atoms with Crippen LogP contribution in [0.1, 0.15) is 19.3 Å². The molecule has 2 unspecified atom stereocenters. The highest BCUT2D eigenvalue weighted by atomic mass is 35.5. The fraction of sp³-hybridized carbons (Fsp3) is 0.500. The van der Waals surface area contributed by atoms with Gasteiger partial charge in [0.2, 0.25) is 5.91 Å². The largest absolute Gasteiger partial charge is 0.328 e. The summed E-state index contributed by atoms with van der Waals surface area (Å²) in [6.07, 6.45) is 6.07. The second-order valence-electron chi connectivity index (χ2n) is 4.38. The zero-order valence-electron chi connectivity index (χ0n) is 10.3. The molecule has 2 rings (SSSR count). The van der Waals surface area contributed by atoms with Gasteiger partial charge in [0.05, 0.1) is 11.9 Å². The van der Waals surface area contributed by atoms with Gasteiger partial charge in [-0.25, -0.2) is 0 Å². The maximum absolute atomic E-state index is 12.1. The number of hydrogen-bond donors (Lipinski definition) is 1. The molecule has 0 aromatic carbocycles. The summed E-state index contributed by atoms with van der Waals surface area (Å²) < 4.78 is 0. The van der Waals surface area contributed by atoms with Crippen molar-refractivity contribution in [3.63, 3.8) is 0 Å². The number of pyridine rings is 1. The van der Waals surface area contributed by atoms with Crippen LogP contribution in [0.3, 0.4) is 0 Å². The maximum atomic E-state index is 12.1. The molecule has 1 fully saturated rings. The molecule has 18 heavy (non-hydrogen) atoms. The number of carbonyl (C=O) groups is 1. The number of anilines is 1. The number of aromatic nitrogens is 1. The van der Waals surface area contributed by atoms with E-state index in [0.717, 1.165) is 24.9 Å². The lowest BCUT2D eigenvalue weighted by Gasteiger charge is -2.20. The Morgan fingerprint density at radius 1 is 1.44 bits per heavy atom. The van der Waals surface area contributed by atoms with Crippen molar-refractivity contribution < 1.29 is 4.79 Å². The summed E-state index contributed by atoms with van der Waals surface area (Å²) >= 11 is 0. The summed E-state index contributed by atoms with van der Waals surface area (Å²) in [7, 11) is 1.79. The third-order valence-corrected chi connectivity index (χ3v) is 3.19. The molecule has 1 amide bonds. The molecule has 1 aromatic rings. The monoisotopic (exact) mass is 291 g/mol. The van der Waals surface area contributed by atoms with E-state index in [0.29, 0.717) is 0 Å². The molecule has 1 aliphatic rings. The van der Waals surface area contributed by atoms with E-state index in [1.807, 2.05) is 12.1 Å². The van der Waals surface area contributed by atoms with Crippen molar-refractivity contribution in [2.24, 2.45) is 11.7 Å². The smallest absolute Gasteiger partial charge is 0.229 e. The van der Waals surface area contributed by atoms with Crippen molar-refractivity contribution in [1.29, 1.82) is 0 Å². The first-order chi connectivity index (χ1) is 7.68. The minimum Gasteiger partial charge on any atom is -0.328 e. The number of nitrogens with zero attached hydrogens (tertiary/aromatic N) is 2. The van der Waals surface area contributed by atoms with Crippen LogP contribution in [-0.4, -0.2) is 24.0 Å². The lowest BCUT2D eigenvalue weighted by atomic mass is 10.1. The second kappa shape index (κ2) is 7.56. The quantitative estimate of drug-likeness (QED) is 0.907. The van der Waals surface area contributed by atoms with Crippen LogP contribution in [0.15, 0.2) is 24.5 Å². The van der Waals surface area contributed by atoms with E-state index in [1.54, 1.807) is 24.3 Å². The molecular formula is C12H19Cl2N3O. The Morgan fingerprint density at radius 2 is 2.17 bits per heavy atom. The SMILES string of the molecule is CN(C(=O)C1CCC(N)C1)c1cccnc1.Cl.Cl. The summed E-state index contributed by atoms with van der Waals surface area (Å²) in [5.41, 5.74) is 6.66. The van der Waals surface area contributed by atoms with Crippen molar-refractivity contribution in [2.45, 2.75) is 25.3 Å². The third-order valence-electron chi connectivity index (χ3n) is 3.19. The van der Waals surface area contributed by atoms with Gasteiger partial charge in [-0.05, 0) is 31.4 Å². The maximum Gasteiger partial charge on any atom is 0.229 e. The van der Waals surface area contributed by atoms with Crippen molar-refractivity contribution in [3.05, 3.63) is 24.5 Å². The van der Waals surface area contributed by atoms with Gasteiger partial charge in [0.1, 0.15) is 0 Å². The number of carbonyl (C=O) groups excluding carboxylic acids is 1. The minimum absolute atomic E-state index is 0. The molecule has 1 heterocycles. The van der Waals surface area contributed by atoms with E-state index in [1.165, 1.54) is 0 Å². The molecule has 0 radical (unpaired) electrons. The molecule has 0 aliphatic heterocycles. The first-order valence-electron chi connectivity index (χ1n) is 5.61. The van der Waals surface area contributed by atoms with Crippen LogP contribution >= 0.6 is 24.8 Å². The highest BCUT2D eigenvalue weighted by Crippen LogP contribution is 2.27. The summed E-state index contributed by atoms with van der Waals surface area (Å²) in [5.74, 6) is 0.237. The second-order valence-corrected chi connectivity index (χ2v) is 4.38. The van der Waals surface area contributed by atoms with Crippen LogP contribution < -0.4 is 10.6 Å². The van der Waals surface area contributed by atoms with Gasteiger partial charge < -0.3 is 10.6 Å². The van der Waals surface area contributed by atoms with Crippen molar-refractivity contribution in [1.82, 2.24) is 4.98 Å². The fourth-order valence-corrected chi connectivity index (χ4v) is 2.19. The number of amides is 1. The third kappa shape index (κ3) is 3.83. The summed E-state index contributed by atoms with van der Waals surface area (Å²) in [5, 5.41) is 0. The van der Waals surface area contributed by atoms with Crippen molar-refractivity contribution in [3.8, 4) is 0 Å². The van der Waals surface area contributed by atoms with E-state index in [4.69, 9.17) is 5.73 Å². The van der Waals surface area contributed by atoms with Gasteiger partial charge in [-0.2, -0.15) is 0 Å². The first kappa shape index (κ1) is 17.2. The summed E-state index contributed by atoms with van der Waals surface area (Å²) in [6, 6.07) is 3.91. The molecular weight excluding hydrogens is 273 g/mol. The fourth-order valence-electron chi connectivity index (χ4n) is 2.19. The van der Waals surface area contributed by atoms with Crippen LogP contribution in [-0.2, 0) is 4.79 Å². The predicted octanol–water partition coefficient (Wildman–Crippen LogP) is 2.02. The molecule has 1 aliphatic carbocycles. The zero-order chi connectivity index (χ0) is 11.5. The summed E-state index contributed by atoms with van der Waals surface area (Å²) in [4.78, 5) is 17.8. The van der Waals surface area contributed by atoms with E-state index in [2.05, 4.69) is 4.98 Å². The van der Waals surface area contributed by atoms with E-state index >= 15 is 0 Å². The van der Waals surface area contributed by atoms with Crippen molar-refractivity contribution in [2.75, 3.05) is 11.9 Å². The van der Waals surface area contributed by atoms with Crippen LogP contribution in [0, 0.1) is 5.92 Å². The number of rotatable bonds is 2. The minimum atomic E-state index is 0.